The highest BCUT2D eigenvalue weighted by Crippen LogP contribution is 2.11. The van der Waals surface area contributed by atoms with E-state index in [9.17, 15) is 9.18 Å². The minimum atomic E-state index is -0.488. The molecule has 14 heavy (non-hydrogen) atoms. The van der Waals surface area contributed by atoms with Crippen molar-refractivity contribution in [1.82, 2.24) is 0 Å². The summed E-state index contributed by atoms with van der Waals surface area (Å²) < 4.78 is 12.9. The third-order valence-electron chi connectivity index (χ3n) is 2.18. The van der Waals surface area contributed by atoms with E-state index in [1.807, 2.05) is 6.92 Å². The third-order valence-corrected chi connectivity index (χ3v) is 2.18. The molecule has 0 spiro atoms. The molecule has 0 aliphatic rings. The van der Waals surface area contributed by atoms with Crippen LogP contribution in [-0.2, 0) is 11.2 Å². The van der Waals surface area contributed by atoms with Gasteiger partial charge in [0.1, 0.15) is 5.82 Å². The van der Waals surface area contributed by atoms with Crippen molar-refractivity contribution in [2.45, 2.75) is 26.3 Å². The molecule has 76 valence electrons. The Morgan fingerprint density at radius 2 is 2.21 bits per heavy atom. The molecule has 2 nitrogen and oxygen atoms in total. The van der Waals surface area contributed by atoms with Gasteiger partial charge < -0.3 is 5.73 Å². The summed E-state index contributed by atoms with van der Waals surface area (Å²) in [5.74, 6) is -0.387. The standard InChI is InChI=1S/C11H14FNO/c1-7-3-4-10(12)5-9(7)6-11(14)8(2)13/h3-5,8H,6,13H2,1-2H3. The fraction of sp³-hybridized carbons (Fsp3) is 0.364. The zero-order chi connectivity index (χ0) is 10.7. The van der Waals surface area contributed by atoms with Crippen molar-refractivity contribution in [3.8, 4) is 0 Å². The number of carbonyl (C=O) groups excluding carboxylic acids is 1. The Bertz CT molecular complexity index is 347. The highest BCUT2D eigenvalue weighted by Gasteiger charge is 2.10. The fourth-order valence-electron chi connectivity index (χ4n) is 1.18. The summed E-state index contributed by atoms with van der Waals surface area (Å²) in [7, 11) is 0. The molecule has 0 radical (unpaired) electrons. The molecule has 0 aliphatic carbocycles. The number of halogens is 1. The molecule has 1 rings (SSSR count). The highest BCUT2D eigenvalue weighted by atomic mass is 19.1. The summed E-state index contributed by atoms with van der Waals surface area (Å²) in [6.07, 6.45) is 0.210. The van der Waals surface area contributed by atoms with Crippen LogP contribution in [0, 0.1) is 12.7 Å². The number of hydrogen-bond donors (Lipinski definition) is 1. The van der Waals surface area contributed by atoms with Crippen molar-refractivity contribution >= 4 is 5.78 Å². The number of Topliss-reactive ketones (excluding diaryl/α,β-unsaturated/α-hetero) is 1. The first kappa shape index (κ1) is 10.9. The van der Waals surface area contributed by atoms with Crippen molar-refractivity contribution in [1.29, 1.82) is 0 Å². The largest absolute Gasteiger partial charge is 0.322 e. The topological polar surface area (TPSA) is 43.1 Å². The van der Waals surface area contributed by atoms with Gasteiger partial charge in [0.25, 0.3) is 0 Å². The Morgan fingerprint density at radius 1 is 1.57 bits per heavy atom. The molecule has 1 atom stereocenters. The van der Waals surface area contributed by atoms with Gasteiger partial charge in [-0.3, -0.25) is 4.79 Å². The Morgan fingerprint density at radius 3 is 2.79 bits per heavy atom. The predicted octanol–water partition coefficient (Wildman–Crippen LogP) is 1.59. The quantitative estimate of drug-likeness (QED) is 0.796. The van der Waals surface area contributed by atoms with E-state index in [4.69, 9.17) is 5.73 Å². The Kier molecular flexibility index (Phi) is 3.36. The smallest absolute Gasteiger partial charge is 0.153 e. The summed E-state index contributed by atoms with van der Waals surface area (Å²) in [6.45, 7) is 3.49. The Labute approximate surface area is 82.9 Å². The minimum absolute atomic E-state index is 0.0706. The molecular weight excluding hydrogens is 181 g/mol. The molecule has 0 amide bonds. The van der Waals surface area contributed by atoms with Crippen LogP contribution in [0.1, 0.15) is 18.1 Å². The summed E-state index contributed by atoms with van der Waals surface area (Å²) >= 11 is 0. The van der Waals surface area contributed by atoms with Crippen LogP contribution in [0.2, 0.25) is 0 Å². The molecule has 0 saturated heterocycles. The normalized spacial score (nSPS) is 12.6. The van der Waals surface area contributed by atoms with Gasteiger partial charge in [0.2, 0.25) is 0 Å². The van der Waals surface area contributed by atoms with E-state index < -0.39 is 6.04 Å². The molecule has 0 heterocycles. The summed E-state index contributed by atoms with van der Waals surface area (Å²) in [6, 6.07) is 3.95. The molecule has 1 aromatic carbocycles. The third kappa shape index (κ3) is 2.64. The zero-order valence-electron chi connectivity index (χ0n) is 8.38. The second kappa shape index (κ2) is 4.33. The van der Waals surface area contributed by atoms with E-state index in [-0.39, 0.29) is 18.0 Å². The maximum absolute atomic E-state index is 12.9. The summed E-state index contributed by atoms with van der Waals surface area (Å²) in [4.78, 5) is 11.3. The van der Waals surface area contributed by atoms with Crippen molar-refractivity contribution in [2.24, 2.45) is 5.73 Å². The predicted molar refractivity (Wildman–Crippen MR) is 53.5 cm³/mol. The van der Waals surface area contributed by atoms with Crippen LogP contribution in [0.15, 0.2) is 18.2 Å². The molecular formula is C11H14FNO. The zero-order valence-corrected chi connectivity index (χ0v) is 8.38. The molecule has 1 aromatic rings. The number of carbonyl (C=O) groups is 1. The van der Waals surface area contributed by atoms with Crippen LogP contribution in [0.25, 0.3) is 0 Å². The molecule has 1 unspecified atom stereocenters. The number of aryl methyl sites for hydroxylation is 1. The molecule has 0 bridgehead atoms. The molecule has 3 heteroatoms. The first-order valence-electron chi connectivity index (χ1n) is 4.54. The van der Waals surface area contributed by atoms with E-state index in [1.54, 1.807) is 13.0 Å². The summed E-state index contributed by atoms with van der Waals surface area (Å²) in [5.41, 5.74) is 7.06. The molecule has 0 aromatic heterocycles. The fourth-order valence-corrected chi connectivity index (χ4v) is 1.18. The van der Waals surface area contributed by atoms with Gasteiger partial charge in [0.05, 0.1) is 6.04 Å². The van der Waals surface area contributed by atoms with Gasteiger partial charge in [-0.05, 0) is 37.1 Å². The number of ketones is 1. The van der Waals surface area contributed by atoms with Gasteiger partial charge in [0.15, 0.2) is 5.78 Å². The lowest BCUT2D eigenvalue weighted by Crippen LogP contribution is -2.28. The van der Waals surface area contributed by atoms with Crippen LogP contribution >= 0.6 is 0 Å². The van der Waals surface area contributed by atoms with Crippen LogP contribution in [0.3, 0.4) is 0 Å². The number of benzene rings is 1. The lowest BCUT2D eigenvalue weighted by Gasteiger charge is -2.07. The highest BCUT2D eigenvalue weighted by molar-refractivity contribution is 5.85. The SMILES string of the molecule is Cc1ccc(F)cc1CC(=O)C(C)N. The van der Waals surface area contributed by atoms with Crippen LogP contribution in [-0.4, -0.2) is 11.8 Å². The first-order valence-corrected chi connectivity index (χ1v) is 4.54. The number of hydrogen-bond acceptors (Lipinski definition) is 2. The summed E-state index contributed by atoms with van der Waals surface area (Å²) in [5, 5.41) is 0. The monoisotopic (exact) mass is 195 g/mol. The Hall–Kier alpha value is -1.22. The van der Waals surface area contributed by atoms with Crippen molar-refractivity contribution < 1.29 is 9.18 Å². The van der Waals surface area contributed by atoms with Gasteiger partial charge in [-0.1, -0.05) is 6.07 Å². The number of nitrogens with two attached hydrogens (primary N) is 1. The van der Waals surface area contributed by atoms with Crippen LogP contribution < -0.4 is 5.73 Å². The van der Waals surface area contributed by atoms with E-state index in [0.717, 1.165) is 5.56 Å². The molecule has 0 aliphatic heterocycles. The van der Waals surface area contributed by atoms with E-state index in [1.165, 1.54) is 12.1 Å². The maximum atomic E-state index is 12.9. The van der Waals surface area contributed by atoms with Crippen molar-refractivity contribution in [3.05, 3.63) is 35.1 Å². The van der Waals surface area contributed by atoms with Gasteiger partial charge >= 0.3 is 0 Å². The second-order valence-corrected chi connectivity index (χ2v) is 3.50. The molecule has 0 fully saturated rings. The average molecular weight is 195 g/mol. The lowest BCUT2D eigenvalue weighted by atomic mass is 10.0. The van der Waals surface area contributed by atoms with Gasteiger partial charge in [-0.25, -0.2) is 4.39 Å². The minimum Gasteiger partial charge on any atom is -0.322 e. The van der Waals surface area contributed by atoms with E-state index in [0.29, 0.717) is 5.56 Å². The average Bonchev–Trinajstić information content (AvgIpc) is 2.11. The first-order chi connectivity index (χ1) is 6.50. The molecule has 0 saturated carbocycles. The van der Waals surface area contributed by atoms with Gasteiger partial charge in [-0.15, -0.1) is 0 Å². The van der Waals surface area contributed by atoms with Crippen molar-refractivity contribution in [3.63, 3.8) is 0 Å². The van der Waals surface area contributed by atoms with E-state index >= 15 is 0 Å². The Balaban J connectivity index is 2.86. The second-order valence-electron chi connectivity index (χ2n) is 3.50. The lowest BCUT2D eigenvalue weighted by molar-refractivity contribution is -0.119. The molecule has 2 N–H and O–H groups in total. The van der Waals surface area contributed by atoms with E-state index in [2.05, 4.69) is 0 Å². The van der Waals surface area contributed by atoms with Crippen LogP contribution in [0.5, 0.6) is 0 Å². The van der Waals surface area contributed by atoms with Crippen LogP contribution in [0.4, 0.5) is 4.39 Å². The van der Waals surface area contributed by atoms with Gasteiger partial charge in [0, 0.05) is 6.42 Å². The van der Waals surface area contributed by atoms with Crippen molar-refractivity contribution in [2.75, 3.05) is 0 Å². The van der Waals surface area contributed by atoms with Gasteiger partial charge in [-0.2, -0.15) is 0 Å². The number of rotatable bonds is 3. The maximum Gasteiger partial charge on any atom is 0.153 e.